The minimum atomic E-state index is -0.336. The molecule has 0 unspecified atom stereocenters. The molecule has 4 rings (SSSR count). The van der Waals surface area contributed by atoms with Gasteiger partial charge in [-0.25, -0.2) is 4.98 Å². The smallest absolute Gasteiger partial charge is 0.307 e. The van der Waals surface area contributed by atoms with E-state index in [-0.39, 0.29) is 30.7 Å². The lowest BCUT2D eigenvalue weighted by Gasteiger charge is -2.22. The normalized spacial score (nSPS) is 10.9. The van der Waals surface area contributed by atoms with Gasteiger partial charge < -0.3 is 19.9 Å². The molecule has 4 aromatic rings. The predicted molar refractivity (Wildman–Crippen MR) is 145 cm³/mol. The Hall–Kier alpha value is -4.46. The average molecular weight is 498 g/mol. The third-order valence-corrected chi connectivity index (χ3v) is 6.28. The molecule has 0 bridgehead atoms. The van der Waals surface area contributed by atoms with Gasteiger partial charge in [0.1, 0.15) is 11.7 Å². The SMILES string of the molecule is CCOC(=O)CCN(C(=O)c1ccc2c(c1)nc(CCc1ccc(C(=N)N)cc1)n2C)c1ccccc1. The minimum Gasteiger partial charge on any atom is -0.466 e. The van der Waals surface area contributed by atoms with E-state index in [0.717, 1.165) is 41.0 Å². The summed E-state index contributed by atoms with van der Waals surface area (Å²) >= 11 is 0. The molecule has 8 nitrogen and oxygen atoms in total. The Labute approximate surface area is 216 Å². The number of fused-ring (bicyclic) bond motifs is 1. The van der Waals surface area contributed by atoms with Crippen molar-refractivity contribution in [1.82, 2.24) is 9.55 Å². The van der Waals surface area contributed by atoms with Gasteiger partial charge >= 0.3 is 5.97 Å². The third kappa shape index (κ3) is 6.03. The molecule has 0 saturated carbocycles. The lowest BCUT2D eigenvalue weighted by Crippen LogP contribution is -2.33. The second kappa shape index (κ2) is 11.5. The van der Waals surface area contributed by atoms with Gasteiger partial charge in [0.25, 0.3) is 5.91 Å². The van der Waals surface area contributed by atoms with Crippen LogP contribution < -0.4 is 10.6 Å². The Morgan fingerprint density at radius 1 is 1.00 bits per heavy atom. The van der Waals surface area contributed by atoms with E-state index in [2.05, 4.69) is 0 Å². The summed E-state index contributed by atoms with van der Waals surface area (Å²) in [5.41, 5.74) is 10.3. The van der Waals surface area contributed by atoms with Gasteiger partial charge in [-0.05, 0) is 49.2 Å². The molecule has 37 heavy (non-hydrogen) atoms. The van der Waals surface area contributed by atoms with Gasteiger partial charge in [-0.1, -0.05) is 42.5 Å². The van der Waals surface area contributed by atoms with E-state index in [1.807, 2.05) is 78.3 Å². The maximum Gasteiger partial charge on any atom is 0.307 e. The van der Waals surface area contributed by atoms with Crippen molar-refractivity contribution in [2.75, 3.05) is 18.1 Å². The zero-order chi connectivity index (χ0) is 26.4. The van der Waals surface area contributed by atoms with Crippen LogP contribution in [0.4, 0.5) is 5.69 Å². The van der Waals surface area contributed by atoms with Crippen LogP contribution in [0.3, 0.4) is 0 Å². The number of imidazole rings is 1. The maximum atomic E-state index is 13.6. The van der Waals surface area contributed by atoms with Crippen molar-refractivity contribution in [2.45, 2.75) is 26.2 Å². The van der Waals surface area contributed by atoms with Gasteiger partial charge in [0, 0.05) is 36.8 Å². The number of carbonyl (C=O) groups excluding carboxylic acids is 2. The zero-order valence-corrected chi connectivity index (χ0v) is 21.1. The Morgan fingerprint density at radius 3 is 2.38 bits per heavy atom. The zero-order valence-electron chi connectivity index (χ0n) is 21.1. The molecular formula is C29H31N5O3. The van der Waals surface area contributed by atoms with Crippen LogP contribution in [0.2, 0.25) is 0 Å². The van der Waals surface area contributed by atoms with Crippen molar-refractivity contribution in [3.05, 3.63) is 95.3 Å². The number of anilines is 1. The molecule has 8 heteroatoms. The first-order chi connectivity index (χ1) is 17.9. The fourth-order valence-corrected chi connectivity index (χ4v) is 4.26. The van der Waals surface area contributed by atoms with Crippen LogP contribution in [-0.4, -0.2) is 40.4 Å². The molecule has 3 N–H and O–H groups in total. The quantitative estimate of drug-likeness (QED) is 0.193. The molecule has 1 amide bonds. The highest BCUT2D eigenvalue weighted by atomic mass is 16.5. The molecule has 3 aromatic carbocycles. The number of nitrogen functional groups attached to an aromatic ring is 1. The number of ether oxygens (including phenoxy) is 1. The van der Waals surface area contributed by atoms with Crippen molar-refractivity contribution >= 4 is 34.4 Å². The number of amides is 1. The molecule has 0 spiro atoms. The third-order valence-electron chi connectivity index (χ3n) is 6.28. The number of carbonyl (C=O) groups is 2. The number of hydrogen-bond donors (Lipinski definition) is 2. The van der Waals surface area contributed by atoms with E-state index in [0.29, 0.717) is 17.7 Å². The summed E-state index contributed by atoms with van der Waals surface area (Å²) in [4.78, 5) is 31.9. The number of nitrogens with one attached hydrogen (secondary N) is 1. The van der Waals surface area contributed by atoms with E-state index >= 15 is 0 Å². The second-order valence-electron chi connectivity index (χ2n) is 8.75. The summed E-state index contributed by atoms with van der Waals surface area (Å²) in [6.07, 6.45) is 1.62. The van der Waals surface area contributed by atoms with Crippen LogP contribution >= 0.6 is 0 Å². The van der Waals surface area contributed by atoms with E-state index in [4.69, 9.17) is 20.9 Å². The number of rotatable bonds is 10. The highest BCUT2D eigenvalue weighted by Crippen LogP contribution is 2.22. The number of aryl methyl sites for hydroxylation is 3. The predicted octanol–water partition coefficient (Wildman–Crippen LogP) is 4.24. The van der Waals surface area contributed by atoms with E-state index in [9.17, 15) is 9.59 Å². The largest absolute Gasteiger partial charge is 0.466 e. The molecule has 0 atom stereocenters. The van der Waals surface area contributed by atoms with Crippen LogP contribution in [0.25, 0.3) is 11.0 Å². The van der Waals surface area contributed by atoms with E-state index in [1.54, 1.807) is 17.9 Å². The van der Waals surface area contributed by atoms with Crippen molar-refractivity contribution in [3.8, 4) is 0 Å². The number of nitrogens with two attached hydrogens (primary N) is 1. The first kappa shape index (κ1) is 25.6. The number of esters is 1. The summed E-state index contributed by atoms with van der Waals surface area (Å²) in [7, 11) is 1.97. The molecule has 1 heterocycles. The highest BCUT2D eigenvalue weighted by Gasteiger charge is 2.20. The van der Waals surface area contributed by atoms with E-state index in [1.165, 1.54) is 0 Å². The summed E-state index contributed by atoms with van der Waals surface area (Å²) in [5.74, 6) is 0.434. The average Bonchev–Trinajstić information content (AvgIpc) is 3.23. The van der Waals surface area contributed by atoms with Crippen LogP contribution in [0.5, 0.6) is 0 Å². The van der Waals surface area contributed by atoms with Gasteiger partial charge in [-0.15, -0.1) is 0 Å². The van der Waals surface area contributed by atoms with Gasteiger partial charge in [-0.3, -0.25) is 15.0 Å². The van der Waals surface area contributed by atoms with E-state index < -0.39 is 0 Å². The van der Waals surface area contributed by atoms with Crippen LogP contribution in [-0.2, 0) is 29.4 Å². The highest BCUT2D eigenvalue weighted by molar-refractivity contribution is 6.07. The number of amidine groups is 1. The number of hydrogen-bond acceptors (Lipinski definition) is 5. The summed E-state index contributed by atoms with van der Waals surface area (Å²) < 4.78 is 7.10. The summed E-state index contributed by atoms with van der Waals surface area (Å²) in [6.45, 7) is 2.29. The topological polar surface area (TPSA) is 114 Å². The summed E-state index contributed by atoms with van der Waals surface area (Å²) in [5, 5.41) is 7.53. The number of nitrogens with zero attached hydrogens (tertiary/aromatic N) is 3. The molecule has 190 valence electrons. The van der Waals surface area contributed by atoms with Gasteiger partial charge in [0.2, 0.25) is 0 Å². The minimum absolute atomic E-state index is 0.0546. The molecular weight excluding hydrogens is 466 g/mol. The van der Waals surface area contributed by atoms with Crippen molar-refractivity contribution in [1.29, 1.82) is 5.41 Å². The Bertz CT molecular complexity index is 1410. The van der Waals surface area contributed by atoms with Crippen LogP contribution in [0.15, 0.2) is 72.8 Å². The molecule has 1 aromatic heterocycles. The Kier molecular flexibility index (Phi) is 7.98. The fraction of sp³-hybridized carbons (Fsp3) is 0.241. The van der Waals surface area contributed by atoms with Gasteiger partial charge in [0.05, 0.1) is 24.1 Å². The molecule has 0 aliphatic carbocycles. The van der Waals surface area contributed by atoms with Crippen LogP contribution in [0.1, 0.15) is 40.7 Å². The lowest BCUT2D eigenvalue weighted by molar-refractivity contribution is -0.142. The fourth-order valence-electron chi connectivity index (χ4n) is 4.26. The van der Waals surface area contributed by atoms with Gasteiger partial charge in [0.15, 0.2) is 0 Å². The second-order valence-corrected chi connectivity index (χ2v) is 8.75. The standard InChI is InChI=1S/C29H31N5O3/c1-3-37-27(35)17-18-34(23-7-5-4-6-8-23)29(36)22-14-15-25-24(19-22)32-26(33(25)2)16-11-20-9-12-21(13-10-20)28(30)31/h4-10,12-15,19H,3,11,16-18H2,1-2H3,(H3,30,31). The van der Waals surface area contributed by atoms with Crippen molar-refractivity contribution in [3.63, 3.8) is 0 Å². The maximum absolute atomic E-state index is 13.6. The summed E-state index contributed by atoms with van der Waals surface area (Å²) in [6, 6.07) is 22.5. The van der Waals surface area contributed by atoms with Crippen LogP contribution in [0, 0.1) is 5.41 Å². The monoisotopic (exact) mass is 497 g/mol. The number of benzene rings is 3. The lowest BCUT2D eigenvalue weighted by atomic mass is 10.1. The Morgan fingerprint density at radius 2 is 1.70 bits per heavy atom. The molecule has 0 saturated heterocycles. The van der Waals surface area contributed by atoms with Crippen molar-refractivity contribution < 1.29 is 14.3 Å². The molecule has 0 aliphatic heterocycles. The first-order valence-corrected chi connectivity index (χ1v) is 12.3. The first-order valence-electron chi connectivity index (χ1n) is 12.3. The molecule has 0 radical (unpaired) electrons. The van der Waals surface area contributed by atoms with Crippen molar-refractivity contribution in [2.24, 2.45) is 12.8 Å². The number of para-hydroxylation sites is 1. The Balaban J connectivity index is 1.54. The molecule has 0 aliphatic rings. The number of aromatic nitrogens is 2. The van der Waals surface area contributed by atoms with Gasteiger partial charge in [-0.2, -0.15) is 0 Å². The molecule has 0 fully saturated rings.